The van der Waals surface area contributed by atoms with Crippen molar-refractivity contribution in [2.45, 2.75) is 13.5 Å². The molecule has 6 nitrogen and oxygen atoms in total. The second kappa shape index (κ2) is 4.22. The van der Waals surface area contributed by atoms with Gasteiger partial charge < -0.3 is 5.32 Å². The van der Waals surface area contributed by atoms with Crippen molar-refractivity contribution in [3.63, 3.8) is 0 Å². The first-order valence-electron chi connectivity index (χ1n) is 4.93. The summed E-state index contributed by atoms with van der Waals surface area (Å²) >= 11 is 0. The number of rotatable bonds is 4. The molecule has 2 rings (SSSR count). The molecule has 2 aromatic heterocycles. The second-order valence-electron chi connectivity index (χ2n) is 3.16. The van der Waals surface area contributed by atoms with Gasteiger partial charge in [-0.25, -0.2) is 13.9 Å². The summed E-state index contributed by atoms with van der Waals surface area (Å²) in [7, 11) is 0. The van der Waals surface area contributed by atoms with Crippen molar-refractivity contribution in [3.05, 3.63) is 29.1 Å². The Bertz CT molecular complexity index is 500. The van der Waals surface area contributed by atoms with Crippen molar-refractivity contribution < 1.29 is 0 Å². The van der Waals surface area contributed by atoms with E-state index in [1.54, 1.807) is 18.6 Å². The Morgan fingerprint density at radius 3 is 3.13 bits per heavy atom. The summed E-state index contributed by atoms with van der Waals surface area (Å²) < 4.78 is 2.93. The molecule has 0 fully saturated rings. The first kappa shape index (κ1) is 9.85. The molecule has 0 bridgehead atoms. The van der Waals surface area contributed by atoms with Crippen LogP contribution in [0.25, 0.3) is 5.65 Å². The van der Waals surface area contributed by atoms with Gasteiger partial charge in [0, 0.05) is 18.9 Å². The largest absolute Gasteiger partial charge is 0.350 e. The van der Waals surface area contributed by atoms with Crippen LogP contribution in [0.1, 0.15) is 6.92 Å². The highest BCUT2D eigenvalue weighted by Gasteiger charge is 2.04. The van der Waals surface area contributed by atoms with E-state index in [-0.39, 0.29) is 5.69 Å². The Hall–Kier alpha value is -1.69. The summed E-state index contributed by atoms with van der Waals surface area (Å²) in [6.45, 7) is 4.24. The number of aromatic nitrogens is 4. The van der Waals surface area contributed by atoms with Crippen LogP contribution in [-0.4, -0.2) is 32.3 Å². The van der Waals surface area contributed by atoms with Gasteiger partial charge in [-0.1, -0.05) is 6.92 Å². The highest BCUT2D eigenvalue weighted by atomic mass is 16.2. The zero-order valence-electron chi connectivity index (χ0n) is 8.55. The third-order valence-corrected chi connectivity index (χ3v) is 2.14. The van der Waals surface area contributed by atoms with E-state index in [1.165, 1.54) is 9.08 Å². The van der Waals surface area contributed by atoms with E-state index in [4.69, 9.17) is 0 Å². The van der Waals surface area contributed by atoms with E-state index >= 15 is 0 Å². The van der Waals surface area contributed by atoms with Gasteiger partial charge in [-0.15, -0.1) is 5.10 Å². The van der Waals surface area contributed by atoms with Gasteiger partial charge in [0.25, 0.3) is 0 Å². The molecule has 0 aromatic carbocycles. The molecule has 80 valence electrons. The third-order valence-electron chi connectivity index (χ3n) is 2.14. The van der Waals surface area contributed by atoms with Crippen molar-refractivity contribution in [1.82, 2.24) is 24.5 Å². The molecule has 0 radical (unpaired) electrons. The van der Waals surface area contributed by atoms with E-state index in [0.29, 0.717) is 12.2 Å². The van der Waals surface area contributed by atoms with E-state index in [0.717, 1.165) is 13.1 Å². The molecular formula is C9H13N5O. The molecule has 0 aliphatic carbocycles. The van der Waals surface area contributed by atoms with Crippen LogP contribution in [0, 0.1) is 0 Å². The molecule has 0 spiro atoms. The molecule has 2 aromatic rings. The van der Waals surface area contributed by atoms with Crippen LogP contribution in [0.15, 0.2) is 23.4 Å². The summed E-state index contributed by atoms with van der Waals surface area (Å²) in [5.74, 6) is 0. The van der Waals surface area contributed by atoms with Gasteiger partial charge in [-0.05, 0) is 6.54 Å². The lowest BCUT2D eigenvalue weighted by Crippen LogP contribution is -2.27. The molecule has 0 saturated heterocycles. The smallest absolute Gasteiger partial charge is 0.315 e. The Morgan fingerprint density at radius 2 is 2.40 bits per heavy atom. The van der Waals surface area contributed by atoms with Gasteiger partial charge in [-0.2, -0.15) is 0 Å². The predicted molar refractivity (Wildman–Crippen MR) is 55.8 cm³/mol. The summed E-state index contributed by atoms with van der Waals surface area (Å²) in [5.41, 5.74) is 0.462. The first-order chi connectivity index (χ1) is 7.33. The summed E-state index contributed by atoms with van der Waals surface area (Å²) in [6, 6.07) is 0. The topological polar surface area (TPSA) is 64.2 Å². The molecule has 0 unspecified atom stereocenters. The Labute approximate surface area is 86.6 Å². The molecule has 0 atom stereocenters. The van der Waals surface area contributed by atoms with Crippen molar-refractivity contribution >= 4 is 5.65 Å². The molecular weight excluding hydrogens is 194 g/mol. The highest BCUT2D eigenvalue weighted by molar-refractivity contribution is 5.31. The van der Waals surface area contributed by atoms with Gasteiger partial charge in [0.15, 0.2) is 5.65 Å². The van der Waals surface area contributed by atoms with Crippen molar-refractivity contribution in [3.8, 4) is 0 Å². The minimum atomic E-state index is -0.120. The monoisotopic (exact) mass is 207 g/mol. The van der Waals surface area contributed by atoms with Crippen LogP contribution < -0.4 is 11.0 Å². The number of nitrogens with one attached hydrogen (secondary N) is 1. The van der Waals surface area contributed by atoms with Crippen LogP contribution in [0.3, 0.4) is 0 Å². The normalized spacial score (nSPS) is 11.0. The Balaban J connectivity index is 2.28. The summed E-state index contributed by atoms with van der Waals surface area (Å²) in [6.07, 6.45) is 4.77. The van der Waals surface area contributed by atoms with Crippen molar-refractivity contribution in [1.29, 1.82) is 0 Å². The number of nitrogens with zero attached hydrogens (tertiary/aromatic N) is 4. The van der Waals surface area contributed by atoms with Crippen molar-refractivity contribution in [2.75, 3.05) is 13.1 Å². The number of likely N-dealkylation sites (N-methyl/N-ethyl adjacent to an activating group) is 1. The average Bonchev–Trinajstić information content (AvgIpc) is 2.57. The average molecular weight is 207 g/mol. The first-order valence-corrected chi connectivity index (χ1v) is 4.93. The minimum absolute atomic E-state index is 0.120. The maximum atomic E-state index is 11.7. The fraction of sp³-hybridized carbons (Fsp3) is 0.444. The van der Waals surface area contributed by atoms with E-state index in [2.05, 4.69) is 15.4 Å². The number of fused-ring (bicyclic) bond motifs is 1. The fourth-order valence-corrected chi connectivity index (χ4v) is 1.39. The minimum Gasteiger partial charge on any atom is -0.315 e. The van der Waals surface area contributed by atoms with E-state index in [1.807, 2.05) is 6.92 Å². The van der Waals surface area contributed by atoms with Gasteiger partial charge in [-0.3, -0.25) is 4.98 Å². The Morgan fingerprint density at radius 1 is 1.53 bits per heavy atom. The molecule has 0 aliphatic heterocycles. The van der Waals surface area contributed by atoms with Crippen LogP contribution in [0.5, 0.6) is 0 Å². The van der Waals surface area contributed by atoms with E-state index < -0.39 is 0 Å². The maximum absolute atomic E-state index is 11.7. The molecule has 15 heavy (non-hydrogen) atoms. The lowest BCUT2D eigenvalue weighted by Gasteiger charge is -1.98. The third kappa shape index (κ3) is 1.89. The molecule has 0 aliphatic rings. The molecule has 6 heteroatoms. The molecule has 0 amide bonds. The van der Waals surface area contributed by atoms with Gasteiger partial charge in [0.1, 0.15) is 0 Å². The highest BCUT2D eigenvalue weighted by Crippen LogP contribution is 1.91. The van der Waals surface area contributed by atoms with Crippen LogP contribution in [0.4, 0.5) is 0 Å². The zero-order chi connectivity index (χ0) is 10.7. The predicted octanol–water partition coefficient (Wildman–Crippen LogP) is -0.500. The second-order valence-corrected chi connectivity index (χ2v) is 3.16. The lowest BCUT2D eigenvalue weighted by atomic mass is 10.6. The molecule has 1 N–H and O–H groups in total. The SMILES string of the molecule is CCNCCn1nc2cnccn2c1=O. The number of hydrogen-bond donors (Lipinski definition) is 1. The van der Waals surface area contributed by atoms with Gasteiger partial charge in [0.2, 0.25) is 0 Å². The van der Waals surface area contributed by atoms with Crippen LogP contribution >= 0.6 is 0 Å². The quantitative estimate of drug-likeness (QED) is 0.686. The van der Waals surface area contributed by atoms with Crippen molar-refractivity contribution in [2.24, 2.45) is 0 Å². The molecule has 2 heterocycles. The van der Waals surface area contributed by atoms with Crippen LogP contribution in [0.2, 0.25) is 0 Å². The summed E-state index contributed by atoms with van der Waals surface area (Å²) in [5, 5.41) is 7.29. The fourth-order valence-electron chi connectivity index (χ4n) is 1.39. The van der Waals surface area contributed by atoms with Gasteiger partial charge >= 0.3 is 5.69 Å². The Kier molecular flexibility index (Phi) is 2.77. The zero-order valence-corrected chi connectivity index (χ0v) is 8.55. The lowest BCUT2D eigenvalue weighted by molar-refractivity contribution is 0.550. The summed E-state index contributed by atoms with van der Waals surface area (Å²) in [4.78, 5) is 15.6. The standard InChI is InChI=1S/C9H13N5O/c1-2-10-4-6-14-9(15)13-5-3-11-7-8(13)12-14/h3,5,7,10H,2,4,6H2,1H3. The number of hydrogen-bond acceptors (Lipinski definition) is 4. The van der Waals surface area contributed by atoms with Gasteiger partial charge in [0.05, 0.1) is 12.7 Å². The van der Waals surface area contributed by atoms with E-state index in [9.17, 15) is 4.79 Å². The molecule has 0 saturated carbocycles. The van der Waals surface area contributed by atoms with Crippen LogP contribution in [-0.2, 0) is 6.54 Å². The maximum Gasteiger partial charge on any atom is 0.350 e.